The lowest BCUT2D eigenvalue weighted by atomic mass is 10.1. The molecule has 0 saturated carbocycles. The number of benzene rings is 2. The maximum Gasteiger partial charge on any atom is 0.397 e. The molecule has 36 heavy (non-hydrogen) atoms. The van der Waals surface area contributed by atoms with Crippen LogP contribution in [0.1, 0.15) is 57.9 Å². The van der Waals surface area contributed by atoms with Gasteiger partial charge in [0.1, 0.15) is 11.5 Å². The van der Waals surface area contributed by atoms with Crippen molar-refractivity contribution >= 4 is 17.6 Å². The Morgan fingerprint density at radius 1 is 1.14 bits per heavy atom. The van der Waals surface area contributed by atoms with E-state index in [0.717, 1.165) is 24.3 Å². The number of carbonyl (C=O) groups is 2. The fourth-order valence-corrected chi connectivity index (χ4v) is 3.33. The number of carboxylic acid groups (broad SMARTS) is 1. The van der Waals surface area contributed by atoms with Crippen molar-refractivity contribution in [2.24, 2.45) is 0 Å². The molecular formula is C23H22F6N4O3. The molecule has 4 N–H and O–H groups in total. The summed E-state index contributed by atoms with van der Waals surface area (Å²) in [6.45, 7) is 1.84. The van der Waals surface area contributed by atoms with Gasteiger partial charge in [-0.15, -0.1) is 0 Å². The van der Waals surface area contributed by atoms with Gasteiger partial charge in [0, 0.05) is 12.1 Å². The molecular weight excluding hydrogens is 494 g/mol. The highest BCUT2D eigenvalue weighted by molar-refractivity contribution is 5.95. The zero-order valence-electron chi connectivity index (χ0n) is 18.2. The van der Waals surface area contributed by atoms with Crippen LogP contribution in [-0.2, 0) is 6.54 Å². The van der Waals surface area contributed by atoms with E-state index in [0.29, 0.717) is 12.5 Å². The molecule has 1 aromatic heterocycles. The number of aryl methyl sites for hydroxylation is 1. The van der Waals surface area contributed by atoms with Gasteiger partial charge in [-0.25, -0.2) is 22.6 Å². The van der Waals surface area contributed by atoms with E-state index in [-0.39, 0.29) is 23.2 Å². The smallest absolute Gasteiger partial charge is 0.397 e. The second kappa shape index (κ2) is 10.3. The van der Waals surface area contributed by atoms with Crippen LogP contribution in [0.25, 0.3) is 5.69 Å². The van der Waals surface area contributed by atoms with Crippen LogP contribution in [0, 0.1) is 24.4 Å². The molecule has 1 amide bonds. The number of anilines is 1. The quantitative estimate of drug-likeness (QED) is 0.395. The van der Waals surface area contributed by atoms with E-state index in [9.17, 15) is 41.0 Å². The summed E-state index contributed by atoms with van der Waals surface area (Å²) in [6.07, 6.45) is -4.84. The predicted octanol–water partition coefficient (Wildman–Crippen LogP) is 5.11. The van der Waals surface area contributed by atoms with Gasteiger partial charge >= 0.3 is 12.1 Å². The Morgan fingerprint density at radius 3 is 2.25 bits per heavy atom. The molecule has 0 radical (unpaired) electrons. The van der Waals surface area contributed by atoms with Crippen molar-refractivity contribution in [1.82, 2.24) is 15.1 Å². The van der Waals surface area contributed by atoms with Crippen molar-refractivity contribution in [1.29, 1.82) is 0 Å². The molecule has 1 heterocycles. The molecule has 0 saturated heterocycles. The lowest BCUT2D eigenvalue weighted by molar-refractivity contribution is -0.147. The predicted molar refractivity (Wildman–Crippen MR) is 118 cm³/mol. The number of amides is 1. The normalized spacial score (nSPS) is 12.1. The number of carboxylic acids is 1. The molecule has 0 bridgehead atoms. The van der Waals surface area contributed by atoms with Gasteiger partial charge in [0.2, 0.25) is 0 Å². The monoisotopic (exact) mass is 516 g/mol. The standard InChI is InChI=1S/C22H18F6N4O3.CH4/c1-9-3-4-12(23)7-13(9)20(33)30-8-11-5-14(24)18(15(25)6-11)32-19(21(34)35)16(29)17(31-32)10(2)22(26,27)28;/h3-7,10H,8,29H2,1-2H3,(H,30,33)(H,34,35);1H4. The van der Waals surface area contributed by atoms with Gasteiger partial charge < -0.3 is 16.2 Å². The van der Waals surface area contributed by atoms with E-state index in [1.807, 2.05) is 0 Å². The summed E-state index contributed by atoms with van der Waals surface area (Å²) in [5, 5.41) is 15.2. The van der Waals surface area contributed by atoms with Gasteiger partial charge in [0.05, 0.1) is 17.3 Å². The van der Waals surface area contributed by atoms with E-state index in [4.69, 9.17) is 5.73 Å². The van der Waals surface area contributed by atoms with Crippen LogP contribution in [0.3, 0.4) is 0 Å². The number of rotatable bonds is 6. The van der Waals surface area contributed by atoms with Crippen molar-refractivity contribution in [2.45, 2.75) is 39.9 Å². The van der Waals surface area contributed by atoms with Crippen molar-refractivity contribution in [3.05, 3.63) is 75.9 Å². The average molecular weight is 516 g/mol. The minimum atomic E-state index is -4.84. The van der Waals surface area contributed by atoms with E-state index in [2.05, 4.69) is 10.4 Å². The summed E-state index contributed by atoms with van der Waals surface area (Å²) in [6, 6.07) is 5.01. The molecule has 0 aliphatic carbocycles. The number of nitrogen functional groups attached to an aromatic ring is 1. The molecule has 194 valence electrons. The first-order chi connectivity index (χ1) is 16.2. The number of halogens is 6. The fourth-order valence-electron chi connectivity index (χ4n) is 3.33. The van der Waals surface area contributed by atoms with Crippen LogP contribution in [0.15, 0.2) is 30.3 Å². The Balaban J connectivity index is 0.00000456. The van der Waals surface area contributed by atoms with Gasteiger partial charge in [-0.3, -0.25) is 4.79 Å². The Morgan fingerprint density at radius 2 is 1.72 bits per heavy atom. The van der Waals surface area contributed by atoms with Gasteiger partial charge in [-0.1, -0.05) is 13.5 Å². The van der Waals surface area contributed by atoms with Crippen molar-refractivity contribution in [3.63, 3.8) is 0 Å². The van der Waals surface area contributed by atoms with E-state index in [1.165, 1.54) is 6.07 Å². The Hall–Kier alpha value is -4.03. The molecule has 0 aliphatic rings. The first-order valence-corrected chi connectivity index (χ1v) is 9.93. The number of nitrogens with zero attached hydrogens (tertiary/aromatic N) is 2. The van der Waals surface area contributed by atoms with Crippen LogP contribution in [-0.4, -0.2) is 32.9 Å². The molecule has 7 nitrogen and oxygen atoms in total. The minimum absolute atomic E-state index is 0. The first kappa shape index (κ1) is 28.2. The SMILES string of the molecule is C.Cc1ccc(F)cc1C(=O)NCc1cc(F)c(-n2nc(C(C)C(F)(F)F)c(N)c2C(=O)O)c(F)c1. The summed E-state index contributed by atoms with van der Waals surface area (Å²) in [4.78, 5) is 23.9. The number of aromatic carboxylic acids is 1. The Kier molecular flexibility index (Phi) is 8.07. The maximum absolute atomic E-state index is 14.9. The first-order valence-electron chi connectivity index (χ1n) is 9.93. The van der Waals surface area contributed by atoms with Crippen LogP contribution in [0.2, 0.25) is 0 Å². The van der Waals surface area contributed by atoms with Crippen LogP contribution < -0.4 is 11.1 Å². The summed E-state index contributed by atoms with van der Waals surface area (Å²) in [5.41, 5.74) is 2.00. The Labute approximate surface area is 201 Å². The van der Waals surface area contributed by atoms with Crippen molar-refractivity contribution in [3.8, 4) is 5.69 Å². The highest BCUT2D eigenvalue weighted by atomic mass is 19.4. The number of alkyl halides is 3. The van der Waals surface area contributed by atoms with Gasteiger partial charge in [0.15, 0.2) is 17.3 Å². The van der Waals surface area contributed by atoms with Gasteiger partial charge in [-0.05, 0) is 49.2 Å². The lowest BCUT2D eigenvalue weighted by Crippen LogP contribution is -2.24. The van der Waals surface area contributed by atoms with Crippen LogP contribution in [0.4, 0.5) is 32.0 Å². The number of aromatic nitrogens is 2. The molecule has 2 aromatic carbocycles. The van der Waals surface area contributed by atoms with Gasteiger partial charge in [0.25, 0.3) is 5.91 Å². The van der Waals surface area contributed by atoms with Crippen LogP contribution in [0.5, 0.6) is 0 Å². The molecule has 13 heteroatoms. The number of carbonyl (C=O) groups excluding carboxylic acids is 1. The third-order valence-corrected chi connectivity index (χ3v) is 5.24. The van der Waals surface area contributed by atoms with Gasteiger partial charge in [-0.2, -0.15) is 18.3 Å². The third kappa shape index (κ3) is 5.44. The highest BCUT2D eigenvalue weighted by Gasteiger charge is 2.42. The van der Waals surface area contributed by atoms with Crippen molar-refractivity contribution < 1.29 is 41.0 Å². The van der Waals surface area contributed by atoms with Crippen molar-refractivity contribution in [2.75, 3.05) is 5.73 Å². The zero-order chi connectivity index (χ0) is 26.2. The number of nitrogens with one attached hydrogen (secondary N) is 1. The summed E-state index contributed by atoms with van der Waals surface area (Å²) in [5.74, 6) is -8.27. The Bertz CT molecular complexity index is 1300. The second-order valence-corrected chi connectivity index (χ2v) is 7.68. The largest absolute Gasteiger partial charge is 0.476 e. The minimum Gasteiger partial charge on any atom is -0.476 e. The molecule has 0 spiro atoms. The number of hydrogen-bond donors (Lipinski definition) is 3. The lowest BCUT2D eigenvalue weighted by Gasteiger charge is -2.13. The van der Waals surface area contributed by atoms with E-state index in [1.54, 1.807) is 6.92 Å². The highest BCUT2D eigenvalue weighted by Crippen LogP contribution is 2.38. The molecule has 0 fully saturated rings. The molecule has 0 aliphatic heterocycles. The second-order valence-electron chi connectivity index (χ2n) is 7.68. The zero-order valence-corrected chi connectivity index (χ0v) is 18.2. The summed E-state index contributed by atoms with van der Waals surface area (Å²) in [7, 11) is 0. The molecule has 1 atom stereocenters. The van der Waals surface area contributed by atoms with E-state index < -0.39 is 70.7 Å². The fraction of sp³-hybridized carbons (Fsp3) is 0.261. The number of nitrogens with two attached hydrogens (primary N) is 1. The average Bonchev–Trinajstić information content (AvgIpc) is 3.08. The summed E-state index contributed by atoms with van der Waals surface area (Å²) < 4.78 is 82.7. The molecule has 3 rings (SSSR count). The topological polar surface area (TPSA) is 110 Å². The van der Waals surface area contributed by atoms with E-state index >= 15 is 0 Å². The number of hydrogen-bond acceptors (Lipinski definition) is 4. The third-order valence-electron chi connectivity index (χ3n) is 5.24. The summed E-state index contributed by atoms with van der Waals surface area (Å²) >= 11 is 0. The maximum atomic E-state index is 14.9. The van der Waals surface area contributed by atoms with Crippen LogP contribution >= 0.6 is 0 Å². The molecule has 3 aromatic rings. The molecule has 1 unspecified atom stereocenters.